The van der Waals surface area contributed by atoms with Gasteiger partial charge in [0.05, 0.1) is 10.9 Å². The molecule has 1 aromatic carbocycles. The van der Waals surface area contributed by atoms with E-state index in [2.05, 4.69) is 15.0 Å². The fourth-order valence-electron chi connectivity index (χ4n) is 1.80. The minimum absolute atomic E-state index is 0.0336. The number of fused-ring (bicyclic) bond motifs is 1. The SMILES string of the molecule is Cc1ccc(S(=O)(=O)Oc2ncnc3ccncc23)cc1. The van der Waals surface area contributed by atoms with Crippen LogP contribution in [0.4, 0.5) is 0 Å². The minimum Gasteiger partial charge on any atom is -0.357 e. The van der Waals surface area contributed by atoms with E-state index in [-0.39, 0.29) is 10.8 Å². The van der Waals surface area contributed by atoms with Gasteiger partial charge in [-0.1, -0.05) is 17.7 Å². The monoisotopic (exact) mass is 301 g/mol. The summed E-state index contributed by atoms with van der Waals surface area (Å²) in [4.78, 5) is 11.9. The third-order valence-corrected chi connectivity index (χ3v) is 4.13. The Labute approximate surface area is 121 Å². The van der Waals surface area contributed by atoms with Crippen molar-refractivity contribution in [3.63, 3.8) is 0 Å². The standard InChI is InChI=1S/C14H11N3O3S/c1-10-2-4-11(5-3-10)21(18,19)20-14-12-8-15-7-6-13(12)16-9-17-14/h2-9H,1H3. The van der Waals surface area contributed by atoms with Crippen molar-refractivity contribution in [3.05, 3.63) is 54.6 Å². The normalized spacial score (nSPS) is 11.5. The molecule has 0 saturated heterocycles. The molecule has 0 aliphatic carbocycles. The van der Waals surface area contributed by atoms with E-state index in [1.165, 1.54) is 24.7 Å². The number of benzene rings is 1. The highest BCUT2D eigenvalue weighted by Gasteiger charge is 2.19. The van der Waals surface area contributed by atoms with Gasteiger partial charge < -0.3 is 4.18 Å². The number of hydrogen-bond acceptors (Lipinski definition) is 6. The van der Waals surface area contributed by atoms with Crippen molar-refractivity contribution in [2.24, 2.45) is 0 Å². The summed E-state index contributed by atoms with van der Waals surface area (Å²) in [5.41, 5.74) is 1.53. The number of nitrogens with zero attached hydrogens (tertiary/aromatic N) is 3. The second-order valence-corrected chi connectivity index (χ2v) is 5.97. The van der Waals surface area contributed by atoms with Crippen molar-refractivity contribution in [1.82, 2.24) is 15.0 Å². The van der Waals surface area contributed by atoms with E-state index in [0.717, 1.165) is 5.56 Å². The minimum atomic E-state index is -3.94. The van der Waals surface area contributed by atoms with Gasteiger partial charge in [-0.3, -0.25) is 4.98 Å². The molecule has 0 amide bonds. The Morgan fingerprint density at radius 1 is 1.05 bits per heavy atom. The molecule has 0 fully saturated rings. The molecule has 0 atom stereocenters. The van der Waals surface area contributed by atoms with Crippen LogP contribution in [0, 0.1) is 6.92 Å². The maximum atomic E-state index is 12.3. The molecule has 0 N–H and O–H groups in total. The van der Waals surface area contributed by atoms with Crippen LogP contribution in [0.3, 0.4) is 0 Å². The summed E-state index contributed by atoms with van der Waals surface area (Å²) in [6, 6.07) is 8.05. The molecular weight excluding hydrogens is 290 g/mol. The molecule has 2 heterocycles. The highest BCUT2D eigenvalue weighted by Crippen LogP contribution is 2.23. The first-order valence-corrected chi connectivity index (χ1v) is 7.53. The summed E-state index contributed by atoms with van der Waals surface area (Å²) < 4.78 is 29.6. The molecule has 2 aromatic heterocycles. The lowest BCUT2D eigenvalue weighted by molar-refractivity contribution is 0.478. The Kier molecular flexibility index (Phi) is 3.26. The second kappa shape index (κ2) is 5.10. The zero-order valence-electron chi connectivity index (χ0n) is 11.1. The average molecular weight is 301 g/mol. The van der Waals surface area contributed by atoms with E-state index in [4.69, 9.17) is 4.18 Å². The summed E-state index contributed by atoms with van der Waals surface area (Å²) in [7, 11) is -3.94. The maximum absolute atomic E-state index is 12.3. The largest absolute Gasteiger partial charge is 0.357 e. The summed E-state index contributed by atoms with van der Waals surface area (Å²) in [6.07, 6.45) is 4.28. The van der Waals surface area contributed by atoms with Crippen LogP contribution in [0.15, 0.2) is 53.9 Å². The lowest BCUT2D eigenvalue weighted by Gasteiger charge is -2.07. The predicted octanol–water partition coefficient (Wildman–Crippen LogP) is 2.10. The van der Waals surface area contributed by atoms with Crippen LogP contribution in [-0.4, -0.2) is 23.4 Å². The van der Waals surface area contributed by atoms with Gasteiger partial charge in [0.25, 0.3) is 0 Å². The number of hydrogen-bond donors (Lipinski definition) is 0. The summed E-state index contributed by atoms with van der Waals surface area (Å²) >= 11 is 0. The Balaban J connectivity index is 2.03. The quantitative estimate of drug-likeness (QED) is 0.689. The van der Waals surface area contributed by atoms with Crippen molar-refractivity contribution in [3.8, 4) is 5.88 Å². The van der Waals surface area contributed by atoms with Gasteiger partial charge >= 0.3 is 10.1 Å². The molecule has 3 rings (SSSR count). The van der Waals surface area contributed by atoms with E-state index in [1.807, 2.05) is 6.92 Å². The first-order valence-electron chi connectivity index (χ1n) is 6.12. The van der Waals surface area contributed by atoms with Crippen LogP contribution >= 0.6 is 0 Å². The smallest absolute Gasteiger partial charge is 0.340 e. The number of aryl methyl sites for hydroxylation is 1. The third-order valence-electron chi connectivity index (χ3n) is 2.90. The molecule has 0 spiro atoms. The summed E-state index contributed by atoms with van der Waals surface area (Å²) in [6.45, 7) is 1.88. The Morgan fingerprint density at radius 3 is 2.57 bits per heavy atom. The van der Waals surface area contributed by atoms with Crippen LogP contribution in [0.2, 0.25) is 0 Å². The fourth-order valence-corrected chi connectivity index (χ4v) is 2.71. The fraction of sp³-hybridized carbons (Fsp3) is 0.0714. The van der Waals surface area contributed by atoms with Gasteiger partial charge in [-0.25, -0.2) is 9.97 Å². The van der Waals surface area contributed by atoms with Gasteiger partial charge in [0.1, 0.15) is 11.2 Å². The van der Waals surface area contributed by atoms with Crippen LogP contribution in [0.25, 0.3) is 10.9 Å². The van der Waals surface area contributed by atoms with Gasteiger partial charge in [-0.05, 0) is 25.1 Å². The molecule has 0 radical (unpaired) electrons. The number of pyridine rings is 1. The maximum Gasteiger partial charge on any atom is 0.340 e. The van der Waals surface area contributed by atoms with E-state index in [0.29, 0.717) is 10.9 Å². The lowest BCUT2D eigenvalue weighted by Crippen LogP contribution is -2.11. The topological polar surface area (TPSA) is 82.0 Å². The van der Waals surface area contributed by atoms with Gasteiger partial charge in [0.2, 0.25) is 5.88 Å². The van der Waals surface area contributed by atoms with Crippen molar-refractivity contribution < 1.29 is 12.6 Å². The summed E-state index contributed by atoms with van der Waals surface area (Å²) in [5, 5.41) is 0.440. The molecule has 0 bridgehead atoms. The molecular formula is C14H11N3O3S. The van der Waals surface area contributed by atoms with Crippen molar-refractivity contribution >= 4 is 21.0 Å². The molecule has 0 saturated carbocycles. The Bertz CT molecular complexity index is 887. The van der Waals surface area contributed by atoms with Crippen molar-refractivity contribution in [2.75, 3.05) is 0 Å². The highest BCUT2D eigenvalue weighted by molar-refractivity contribution is 7.87. The highest BCUT2D eigenvalue weighted by atomic mass is 32.2. The van der Waals surface area contributed by atoms with E-state index in [1.54, 1.807) is 24.4 Å². The number of aromatic nitrogens is 3. The molecule has 7 heteroatoms. The average Bonchev–Trinajstić information content (AvgIpc) is 2.48. The van der Waals surface area contributed by atoms with Crippen LogP contribution in [0.5, 0.6) is 5.88 Å². The second-order valence-electron chi connectivity index (χ2n) is 4.42. The molecule has 0 aliphatic heterocycles. The van der Waals surface area contributed by atoms with Crippen LogP contribution in [0.1, 0.15) is 5.56 Å². The lowest BCUT2D eigenvalue weighted by atomic mass is 10.2. The number of rotatable bonds is 3. The predicted molar refractivity (Wildman–Crippen MR) is 76.3 cm³/mol. The third kappa shape index (κ3) is 2.68. The zero-order chi connectivity index (χ0) is 14.9. The van der Waals surface area contributed by atoms with E-state index < -0.39 is 10.1 Å². The van der Waals surface area contributed by atoms with E-state index >= 15 is 0 Å². The van der Waals surface area contributed by atoms with E-state index in [9.17, 15) is 8.42 Å². The molecule has 3 aromatic rings. The van der Waals surface area contributed by atoms with Crippen molar-refractivity contribution in [1.29, 1.82) is 0 Å². The molecule has 0 aliphatic rings. The van der Waals surface area contributed by atoms with Crippen LogP contribution < -0.4 is 4.18 Å². The molecule has 0 unspecified atom stereocenters. The van der Waals surface area contributed by atoms with Crippen LogP contribution in [-0.2, 0) is 10.1 Å². The van der Waals surface area contributed by atoms with Gasteiger partial charge in [0.15, 0.2) is 0 Å². The molecule has 6 nitrogen and oxygen atoms in total. The van der Waals surface area contributed by atoms with Gasteiger partial charge in [-0.15, -0.1) is 0 Å². The van der Waals surface area contributed by atoms with Crippen molar-refractivity contribution in [2.45, 2.75) is 11.8 Å². The Hall–Kier alpha value is -2.54. The zero-order valence-corrected chi connectivity index (χ0v) is 11.9. The molecule has 21 heavy (non-hydrogen) atoms. The Morgan fingerprint density at radius 2 is 1.81 bits per heavy atom. The van der Waals surface area contributed by atoms with Gasteiger partial charge in [0, 0.05) is 12.4 Å². The first-order chi connectivity index (χ1) is 10.1. The summed E-state index contributed by atoms with van der Waals surface area (Å²) in [5.74, 6) is -0.0336. The van der Waals surface area contributed by atoms with Gasteiger partial charge in [-0.2, -0.15) is 8.42 Å². The first kappa shape index (κ1) is 13.4. The molecule has 106 valence electrons.